The Morgan fingerprint density at radius 1 is 1.11 bits per heavy atom. The molecule has 2 N–H and O–H groups in total. The molecular weight excluding hydrogens is 355 g/mol. The van der Waals surface area contributed by atoms with Crippen LogP contribution in [-0.4, -0.2) is 28.9 Å². The highest BCUT2D eigenvalue weighted by atomic mass is 19.4. The summed E-state index contributed by atoms with van der Waals surface area (Å²) >= 11 is 0. The van der Waals surface area contributed by atoms with E-state index < -0.39 is 11.7 Å². The molecular formula is C19H18F3N5. The third-order valence-corrected chi connectivity index (χ3v) is 4.53. The molecule has 0 bridgehead atoms. The minimum atomic E-state index is -4.36. The predicted octanol–water partition coefficient (Wildman–Crippen LogP) is 3.58. The van der Waals surface area contributed by atoms with E-state index in [2.05, 4.69) is 25.6 Å². The van der Waals surface area contributed by atoms with Crippen LogP contribution in [0.5, 0.6) is 0 Å². The lowest BCUT2D eigenvalue weighted by Crippen LogP contribution is -2.27. The largest absolute Gasteiger partial charge is 0.416 e. The first-order valence-corrected chi connectivity index (χ1v) is 8.67. The van der Waals surface area contributed by atoms with E-state index >= 15 is 0 Å². The topological polar surface area (TPSA) is 62.2 Å². The molecule has 1 aromatic carbocycles. The first kappa shape index (κ1) is 17.7. The van der Waals surface area contributed by atoms with E-state index in [1.54, 1.807) is 0 Å². The summed E-state index contributed by atoms with van der Waals surface area (Å²) in [5, 5.41) is 6.55. The van der Waals surface area contributed by atoms with Gasteiger partial charge in [0.05, 0.1) is 17.8 Å². The van der Waals surface area contributed by atoms with Crippen LogP contribution in [0.2, 0.25) is 0 Å². The van der Waals surface area contributed by atoms with Crippen LogP contribution in [0.25, 0.3) is 11.4 Å². The minimum Gasteiger partial charge on any atom is -0.325 e. The molecule has 0 fully saturated rings. The van der Waals surface area contributed by atoms with Gasteiger partial charge in [-0.2, -0.15) is 13.2 Å². The fourth-order valence-electron chi connectivity index (χ4n) is 3.12. The number of hydrogen-bond acceptors (Lipinski definition) is 5. The van der Waals surface area contributed by atoms with Crippen molar-refractivity contribution in [3.63, 3.8) is 0 Å². The van der Waals surface area contributed by atoms with Crippen molar-refractivity contribution in [1.29, 1.82) is 0 Å². The molecule has 0 amide bonds. The quantitative estimate of drug-likeness (QED) is 0.845. The molecule has 0 unspecified atom stereocenters. The zero-order chi connectivity index (χ0) is 19.0. The van der Waals surface area contributed by atoms with E-state index in [0.29, 0.717) is 30.3 Å². The molecule has 0 atom stereocenters. The van der Waals surface area contributed by atoms with Gasteiger partial charge in [0.2, 0.25) is 0 Å². The number of hydrogen-bond donors (Lipinski definition) is 2. The molecule has 0 saturated carbocycles. The highest BCUT2D eigenvalue weighted by Gasteiger charge is 2.30. The van der Waals surface area contributed by atoms with Crippen molar-refractivity contribution in [2.45, 2.75) is 26.1 Å². The maximum atomic E-state index is 12.8. The number of nitrogens with one attached hydrogen (secondary N) is 2. The van der Waals surface area contributed by atoms with Gasteiger partial charge in [-0.25, -0.2) is 9.97 Å². The number of fused-ring (bicyclic) bond motifs is 1. The maximum Gasteiger partial charge on any atom is 0.416 e. The first-order chi connectivity index (χ1) is 12.9. The molecule has 0 aliphatic carbocycles. The normalized spacial score (nSPS) is 16.6. The van der Waals surface area contributed by atoms with Crippen LogP contribution in [0.4, 0.5) is 19.0 Å². The van der Waals surface area contributed by atoms with Crippen molar-refractivity contribution in [2.75, 3.05) is 18.4 Å². The zero-order valence-corrected chi connectivity index (χ0v) is 14.7. The monoisotopic (exact) mass is 373 g/mol. The summed E-state index contributed by atoms with van der Waals surface area (Å²) in [4.78, 5) is 13.6. The molecule has 140 valence electrons. The second kappa shape index (κ2) is 6.77. The number of aliphatic imine (C=N–C) groups is 1. The lowest BCUT2D eigenvalue weighted by Gasteiger charge is -2.20. The van der Waals surface area contributed by atoms with Crippen molar-refractivity contribution in [3.8, 4) is 11.4 Å². The number of nitrogens with zero attached hydrogens (tertiary/aromatic N) is 3. The molecule has 2 aliphatic rings. The molecule has 1 aromatic heterocycles. The van der Waals surface area contributed by atoms with Crippen LogP contribution >= 0.6 is 0 Å². The van der Waals surface area contributed by atoms with Gasteiger partial charge in [-0.05, 0) is 30.7 Å². The molecule has 8 heteroatoms. The smallest absolute Gasteiger partial charge is 0.325 e. The van der Waals surface area contributed by atoms with Gasteiger partial charge in [0.25, 0.3) is 0 Å². The Bertz CT molecular complexity index is 930. The Hall–Kier alpha value is -2.74. The SMILES string of the molecule is CC1=CC(Nc2nc(-c3ccc(C(F)(F)F)cc3)nc3c2CNCC3)=NC1. The number of alkyl halides is 3. The Morgan fingerprint density at radius 2 is 1.89 bits per heavy atom. The third kappa shape index (κ3) is 3.71. The van der Waals surface area contributed by atoms with E-state index in [1.807, 2.05) is 13.0 Å². The maximum absolute atomic E-state index is 12.8. The fourth-order valence-corrected chi connectivity index (χ4v) is 3.12. The van der Waals surface area contributed by atoms with Crippen LogP contribution in [0, 0.1) is 0 Å². The average molecular weight is 373 g/mol. The highest BCUT2D eigenvalue weighted by Crippen LogP contribution is 2.31. The summed E-state index contributed by atoms with van der Waals surface area (Å²) < 4.78 is 38.4. The predicted molar refractivity (Wildman–Crippen MR) is 97.6 cm³/mol. The molecule has 4 rings (SSSR count). The Balaban J connectivity index is 1.72. The standard InChI is InChI=1S/C19H18F3N5/c1-11-8-16(24-9-11)26-18-14-10-23-7-6-15(14)25-17(27-18)12-2-4-13(5-3-12)19(20,21)22/h2-5,8,23H,6-7,9-10H2,1H3,(H,24,25,26,27). The molecule has 0 radical (unpaired) electrons. The Labute approximate surface area is 154 Å². The number of halogens is 3. The van der Waals surface area contributed by atoms with Gasteiger partial charge in [-0.15, -0.1) is 0 Å². The number of aromatic nitrogens is 2. The molecule has 27 heavy (non-hydrogen) atoms. The van der Waals surface area contributed by atoms with Gasteiger partial charge in [-0.3, -0.25) is 4.99 Å². The second-order valence-corrected chi connectivity index (χ2v) is 6.64. The highest BCUT2D eigenvalue weighted by molar-refractivity contribution is 6.05. The van der Waals surface area contributed by atoms with E-state index in [4.69, 9.17) is 0 Å². The minimum absolute atomic E-state index is 0.408. The van der Waals surface area contributed by atoms with Crippen LogP contribution in [0.15, 0.2) is 40.9 Å². The number of benzene rings is 1. The van der Waals surface area contributed by atoms with E-state index in [1.165, 1.54) is 12.1 Å². The summed E-state index contributed by atoms with van der Waals surface area (Å²) in [6.07, 6.45) is -1.66. The van der Waals surface area contributed by atoms with Crippen molar-refractivity contribution in [2.24, 2.45) is 4.99 Å². The van der Waals surface area contributed by atoms with Crippen molar-refractivity contribution in [3.05, 3.63) is 52.7 Å². The number of rotatable bonds is 2. The van der Waals surface area contributed by atoms with Gasteiger partial charge < -0.3 is 10.6 Å². The molecule has 2 aromatic rings. The summed E-state index contributed by atoms with van der Waals surface area (Å²) in [5.74, 6) is 1.79. The number of amidine groups is 1. The Morgan fingerprint density at radius 3 is 2.56 bits per heavy atom. The molecule has 5 nitrogen and oxygen atoms in total. The van der Waals surface area contributed by atoms with Crippen molar-refractivity contribution < 1.29 is 13.2 Å². The fraction of sp³-hybridized carbons (Fsp3) is 0.316. The molecule has 2 aliphatic heterocycles. The first-order valence-electron chi connectivity index (χ1n) is 8.67. The molecule has 0 spiro atoms. The lowest BCUT2D eigenvalue weighted by molar-refractivity contribution is -0.137. The van der Waals surface area contributed by atoms with Crippen molar-refractivity contribution >= 4 is 11.7 Å². The van der Waals surface area contributed by atoms with E-state index in [-0.39, 0.29) is 0 Å². The lowest BCUT2D eigenvalue weighted by atomic mass is 10.1. The number of anilines is 1. The zero-order valence-electron chi connectivity index (χ0n) is 14.7. The van der Waals surface area contributed by atoms with Gasteiger partial charge >= 0.3 is 6.18 Å². The summed E-state index contributed by atoms with van der Waals surface area (Å²) in [5.41, 5.74) is 2.89. The van der Waals surface area contributed by atoms with Crippen molar-refractivity contribution in [1.82, 2.24) is 15.3 Å². The average Bonchev–Trinajstić information content (AvgIpc) is 3.06. The summed E-state index contributed by atoms with van der Waals surface area (Å²) in [6, 6.07) is 4.93. The van der Waals surface area contributed by atoms with Gasteiger partial charge in [0, 0.05) is 30.6 Å². The van der Waals surface area contributed by atoms with Crippen LogP contribution in [-0.2, 0) is 19.1 Å². The molecule has 3 heterocycles. The van der Waals surface area contributed by atoms with Crippen LogP contribution < -0.4 is 10.6 Å². The van der Waals surface area contributed by atoms with Gasteiger partial charge in [-0.1, -0.05) is 12.1 Å². The second-order valence-electron chi connectivity index (χ2n) is 6.64. The van der Waals surface area contributed by atoms with Crippen LogP contribution in [0.1, 0.15) is 23.7 Å². The summed E-state index contributed by atoms with van der Waals surface area (Å²) in [6.45, 7) is 4.10. The third-order valence-electron chi connectivity index (χ3n) is 4.53. The summed E-state index contributed by atoms with van der Waals surface area (Å²) in [7, 11) is 0. The van der Waals surface area contributed by atoms with E-state index in [0.717, 1.165) is 47.8 Å². The van der Waals surface area contributed by atoms with E-state index in [9.17, 15) is 13.2 Å². The van der Waals surface area contributed by atoms with Gasteiger partial charge in [0.1, 0.15) is 11.7 Å². The molecule has 0 saturated heterocycles. The Kier molecular flexibility index (Phi) is 4.43. The van der Waals surface area contributed by atoms with Gasteiger partial charge in [0.15, 0.2) is 5.82 Å². The van der Waals surface area contributed by atoms with Crippen LogP contribution in [0.3, 0.4) is 0 Å².